The third-order valence-corrected chi connectivity index (χ3v) is 5.55. The Labute approximate surface area is 196 Å². The number of pyridine rings is 1. The molecule has 0 unspecified atom stereocenters. The van der Waals surface area contributed by atoms with E-state index < -0.39 is 0 Å². The normalized spacial score (nSPS) is 11.0. The Balaban J connectivity index is 1.34. The van der Waals surface area contributed by atoms with Crippen molar-refractivity contribution in [2.45, 2.75) is 20.1 Å². The van der Waals surface area contributed by atoms with Gasteiger partial charge in [-0.3, -0.25) is 9.48 Å². The van der Waals surface area contributed by atoms with Crippen LogP contribution in [0.25, 0.3) is 22.2 Å². The molecule has 3 heterocycles. The Kier molecular flexibility index (Phi) is 5.78. The Morgan fingerprint density at radius 3 is 2.62 bits per heavy atom. The van der Waals surface area contributed by atoms with E-state index in [1.807, 2.05) is 61.8 Å². The number of rotatable bonds is 7. The largest absolute Gasteiger partial charge is 0.471 e. The molecule has 0 atom stereocenters. The zero-order valence-electron chi connectivity index (χ0n) is 19.0. The predicted molar refractivity (Wildman–Crippen MR) is 131 cm³/mol. The van der Waals surface area contributed by atoms with Crippen LogP contribution in [-0.4, -0.2) is 30.5 Å². The van der Waals surface area contributed by atoms with Crippen molar-refractivity contribution in [2.24, 2.45) is 7.05 Å². The van der Waals surface area contributed by atoms with Gasteiger partial charge in [0, 0.05) is 24.2 Å². The molecular formula is C26H24N6O2. The summed E-state index contributed by atoms with van der Waals surface area (Å²) >= 11 is 0. The minimum atomic E-state index is -0.237. The van der Waals surface area contributed by atoms with E-state index in [1.165, 1.54) is 5.56 Å². The van der Waals surface area contributed by atoms with Gasteiger partial charge in [0.05, 0.1) is 41.1 Å². The van der Waals surface area contributed by atoms with E-state index in [9.17, 15) is 4.79 Å². The number of carbonyl (C=O) groups excluding carboxylic acids is 1. The van der Waals surface area contributed by atoms with Crippen molar-refractivity contribution in [3.05, 3.63) is 90.5 Å². The van der Waals surface area contributed by atoms with Crippen molar-refractivity contribution in [1.29, 1.82) is 0 Å². The van der Waals surface area contributed by atoms with Gasteiger partial charge < -0.3 is 10.1 Å². The van der Waals surface area contributed by atoms with Gasteiger partial charge in [0.2, 0.25) is 0 Å². The van der Waals surface area contributed by atoms with Crippen LogP contribution in [0.3, 0.4) is 0 Å². The summed E-state index contributed by atoms with van der Waals surface area (Å²) < 4.78 is 9.13. The molecule has 0 saturated carbocycles. The lowest BCUT2D eigenvalue weighted by atomic mass is 10.0. The predicted octanol–water partition coefficient (Wildman–Crippen LogP) is 4.68. The molecule has 34 heavy (non-hydrogen) atoms. The number of ether oxygens (including phenoxy) is 1. The molecule has 8 heteroatoms. The molecule has 2 aromatic carbocycles. The minimum absolute atomic E-state index is 0.237. The highest BCUT2D eigenvalue weighted by Crippen LogP contribution is 2.25. The molecule has 0 aliphatic carbocycles. The number of hydrogen-bond acceptors (Lipinski definition) is 5. The van der Waals surface area contributed by atoms with Crippen LogP contribution in [0.1, 0.15) is 22.8 Å². The minimum Gasteiger partial charge on any atom is -0.471 e. The van der Waals surface area contributed by atoms with Crippen LogP contribution in [0.15, 0.2) is 79.4 Å². The second-order valence-electron chi connectivity index (χ2n) is 7.97. The SMILES string of the molecule is CCc1ccc(OCn2cc(NC(=O)c3cc(-c4cnn(C)c4)nc4ccccc34)cn2)cc1. The van der Waals surface area contributed by atoms with Crippen molar-refractivity contribution < 1.29 is 9.53 Å². The molecular weight excluding hydrogens is 428 g/mol. The molecule has 5 aromatic rings. The highest BCUT2D eigenvalue weighted by Gasteiger charge is 2.15. The molecule has 0 aliphatic heterocycles. The first-order valence-electron chi connectivity index (χ1n) is 11.0. The zero-order chi connectivity index (χ0) is 23.5. The number of nitrogens with zero attached hydrogens (tertiary/aromatic N) is 5. The Bertz CT molecular complexity index is 1450. The first-order valence-corrected chi connectivity index (χ1v) is 11.0. The number of benzene rings is 2. The first kappa shape index (κ1) is 21.4. The average molecular weight is 453 g/mol. The smallest absolute Gasteiger partial charge is 0.256 e. The molecule has 0 saturated heterocycles. The van der Waals surface area contributed by atoms with Gasteiger partial charge in [-0.2, -0.15) is 10.2 Å². The van der Waals surface area contributed by atoms with E-state index in [1.54, 1.807) is 34.0 Å². The number of carbonyl (C=O) groups is 1. The fourth-order valence-electron chi connectivity index (χ4n) is 3.72. The maximum Gasteiger partial charge on any atom is 0.256 e. The van der Waals surface area contributed by atoms with Crippen molar-refractivity contribution in [3.8, 4) is 17.0 Å². The Morgan fingerprint density at radius 2 is 1.85 bits per heavy atom. The number of hydrogen-bond donors (Lipinski definition) is 1. The maximum atomic E-state index is 13.2. The lowest BCUT2D eigenvalue weighted by Gasteiger charge is -2.09. The molecule has 0 bridgehead atoms. The van der Waals surface area contributed by atoms with Gasteiger partial charge in [0.1, 0.15) is 5.75 Å². The van der Waals surface area contributed by atoms with Gasteiger partial charge in [-0.15, -0.1) is 0 Å². The number of aryl methyl sites for hydroxylation is 2. The number of fused-ring (bicyclic) bond motifs is 1. The molecule has 0 fully saturated rings. The molecule has 170 valence electrons. The van der Waals surface area contributed by atoms with E-state index in [0.29, 0.717) is 16.9 Å². The zero-order valence-corrected chi connectivity index (χ0v) is 19.0. The second-order valence-corrected chi connectivity index (χ2v) is 7.97. The van der Waals surface area contributed by atoms with Crippen molar-refractivity contribution >= 4 is 22.5 Å². The molecule has 0 aliphatic rings. The van der Waals surface area contributed by atoms with Gasteiger partial charge in [-0.05, 0) is 36.2 Å². The van der Waals surface area contributed by atoms with E-state index in [0.717, 1.165) is 28.6 Å². The molecule has 0 radical (unpaired) electrons. The van der Waals surface area contributed by atoms with E-state index >= 15 is 0 Å². The summed E-state index contributed by atoms with van der Waals surface area (Å²) in [5, 5.41) is 12.2. The number of nitrogens with one attached hydrogen (secondary N) is 1. The first-order chi connectivity index (χ1) is 16.6. The van der Waals surface area contributed by atoms with E-state index in [2.05, 4.69) is 22.4 Å². The van der Waals surface area contributed by atoms with Crippen molar-refractivity contribution in [3.63, 3.8) is 0 Å². The van der Waals surface area contributed by atoms with Gasteiger partial charge >= 0.3 is 0 Å². The van der Waals surface area contributed by atoms with Gasteiger partial charge in [0.25, 0.3) is 5.91 Å². The summed E-state index contributed by atoms with van der Waals surface area (Å²) in [6.45, 7) is 2.36. The highest BCUT2D eigenvalue weighted by atomic mass is 16.5. The van der Waals surface area contributed by atoms with E-state index in [4.69, 9.17) is 9.72 Å². The van der Waals surface area contributed by atoms with E-state index in [-0.39, 0.29) is 12.6 Å². The van der Waals surface area contributed by atoms with Gasteiger partial charge in [0.15, 0.2) is 6.73 Å². The highest BCUT2D eigenvalue weighted by molar-refractivity contribution is 6.13. The van der Waals surface area contributed by atoms with Crippen LogP contribution in [0.5, 0.6) is 5.75 Å². The molecule has 1 N–H and O–H groups in total. The van der Waals surface area contributed by atoms with Crippen molar-refractivity contribution in [1.82, 2.24) is 24.5 Å². The van der Waals surface area contributed by atoms with Crippen LogP contribution >= 0.6 is 0 Å². The fourth-order valence-corrected chi connectivity index (χ4v) is 3.72. The molecule has 0 spiro atoms. The fraction of sp³-hybridized carbons (Fsp3) is 0.154. The van der Waals surface area contributed by atoms with Gasteiger partial charge in [-0.25, -0.2) is 9.67 Å². The summed E-state index contributed by atoms with van der Waals surface area (Å²) in [4.78, 5) is 17.9. The van der Waals surface area contributed by atoms with Crippen LogP contribution < -0.4 is 10.1 Å². The summed E-state index contributed by atoms with van der Waals surface area (Å²) in [7, 11) is 1.85. The molecule has 5 rings (SSSR count). The van der Waals surface area contributed by atoms with Crippen LogP contribution in [-0.2, 0) is 20.2 Å². The summed E-state index contributed by atoms with van der Waals surface area (Å²) in [5.41, 5.74) is 4.65. The monoisotopic (exact) mass is 452 g/mol. The summed E-state index contributed by atoms with van der Waals surface area (Å²) in [5.74, 6) is 0.531. The van der Waals surface area contributed by atoms with Gasteiger partial charge in [-0.1, -0.05) is 37.3 Å². The number of para-hydroxylation sites is 1. The number of anilines is 1. The lowest BCUT2D eigenvalue weighted by molar-refractivity contribution is 0.102. The average Bonchev–Trinajstić information content (AvgIpc) is 3.51. The van der Waals surface area contributed by atoms with Crippen LogP contribution in [0, 0.1) is 0 Å². The van der Waals surface area contributed by atoms with Crippen LogP contribution in [0.4, 0.5) is 5.69 Å². The second kappa shape index (κ2) is 9.19. The quantitative estimate of drug-likeness (QED) is 0.387. The number of amides is 1. The molecule has 1 amide bonds. The maximum absolute atomic E-state index is 13.2. The summed E-state index contributed by atoms with van der Waals surface area (Å²) in [6, 6.07) is 17.4. The third kappa shape index (κ3) is 4.52. The topological polar surface area (TPSA) is 86.9 Å². The summed E-state index contributed by atoms with van der Waals surface area (Å²) in [6.07, 6.45) is 7.94. The number of aromatic nitrogens is 5. The molecule has 3 aromatic heterocycles. The Hall–Kier alpha value is -4.46. The standard InChI is InChI=1S/C26H24N6O2/c1-3-18-8-10-21(11-9-18)34-17-32-16-20(14-28-32)29-26(33)23-12-25(19-13-27-31(2)15-19)30-24-7-5-4-6-22(23)24/h4-16H,3,17H2,1-2H3,(H,29,33). The van der Waals surface area contributed by atoms with Crippen LogP contribution in [0.2, 0.25) is 0 Å². The lowest BCUT2D eigenvalue weighted by Crippen LogP contribution is -2.13. The Morgan fingerprint density at radius 1 is 1.03 bits per heavy atom. The molecule has 8 nitrogen and oxygen atoms in total. The van der Waals surface area contributed by atoms with Crippen molar-refractivity contribution in [2.75, 3.05) is 5.32 Å². The third-order valence-electron chi connectivity index (χ3n) is 5.55.